The van der Waals surface area contributed by atoms with Crippen LogP contribution in [0.15, 0.2) is 28.7 Å². The van der Waals surface area contributed by atoms with E-state index in [1.165, 1.54) is 26.4 Å². The van der Waals surface area contributed by atoms with Crippen LogP contribution in [0.5, 0.6) is 0 Å². The largest absolute Gasteiger partial charge is 0.468 e. The lowest BCUT2D eigenvalue weighted by Gasteiger charge is -2.32. The van der Waals surface area contributed by atoms with Gasteiger partial charge < -0.3 is 9.15 Å². The van der Waals surface area contributed by atoms with Crippen molar-refractivity contribution in [2.24, 2.45) is 5.92 Å². The molecule has 1 aliphatic carbocycles. The molecular weight excluding hydrogens is 354 g/mol. The number of rotatable bonds is 4. The SMILES string of the molecule is COC(=O)C1CC2CCCCC2N1Cc1nnc(-c2ccccc2Cl)o1. The number of likely N-dealkylation sites (tertiary alicyclic amines) is 1. The van der Waals surface area contributed by atoms with Crippen molar-refractivity contribution in [1.29, 1.82) is 0 Å². The summed E-state index contributed by atoms with van der Waals surface area (Å²) < 4.78 is 10.9. The van der Waals surface area contributed by atoms with Crippen LogP contribution in [-0.2, 0) is 16.1 Å². The number of fused-ring (bicyclic) bond motifs is 1. The summed E-state index contributed by atoms with van der Waals surface area (Å²) in [5, 5.41) is 8.90. The number of hydrogen-bond donors (Lipinski definition) is 0. The number of carbonyl (C=O) groups excluding carboxylic acids is 1. The quantitative estimate of drug-likeness (QED) is 0.759. The van der Waals surface area contributed by atoms with Crippen LogP contribution in [0, 0.1) is 5.92 Å². The van der Waals surface area contributed by atoms with Crippen LogP contribution in [0.2, 0.25) is 5.02 Å². The van der Waals surface area contributed by atoms with Crippen molar-refractivity contribution in [2.45, 2.75) is 50.7 Å². The van der Waals surface area contributed by atoms with E-state index in [-0.39, 0.29) is 12.0 Å². The third kappa shape index (κ3) is 3.23. The average molecular weight is 376 g/mol. The zero-order chi connectivity index (χ0) is 18.1. The van der Waals surface area contributed by atoms with Gasteiger partial charge in [-0.1, -0.05) is 36.6 Å². The number of hydrogen-bond acceptors (Lipinski definition) is 6. The van der Waals surface area contributed by atoms with Crippen molar-refractivity contribution in [1.82, 2.24) is 15.1 Å². The number of carbonyl (C=O) groups is 1. The number of nitrogens with zero attached hydrogens (tertiary/aromatic N) is 3. The van der Waals surface area contributed by atoms with E-state index in [4.69, 9.17) is 20.8 Å². The lowest BCUT2D eigenvalue weighted by atomic mass is 9.85. The molecule has 1 aromatic heterocycles. The fourth-order valence-corrected chi connectivity index (χ4v) is 4.58. The molecule has 0 radical (unpaired) electrons. The van der Waals surface area contributed by atoms with Crippen LogP contribution in [0.4, 0.5) is 0 Å². The second-order valence-electron chi connectivity index (χ2n) is 7.04. The van der Waals surface area contributed by atoms with Crippen molar-refractivity contribution < 1.29 is 13.9 Å². The van der Waals surface area contributed by atoms with Gasteiger partial charge in [-0.3, -0.25) is 9.69 Å². The number of aromatic nitrogens is 2. The summed E-state index contributed by atoms with van der Waals surface area (Å²) in [4.78, 5) is 14.5. The summed E-state index contributed by atoms with van der Waals surface area (Å²) in [6.45, 7) is 0.457. The summed E-state index contributed by atoms with van der Waals surface area (Å²) in [5.41, 5.74) is 0.717. The molecule has 2 heterocycles. The first kappa shape index (κ1) is 17.5. The Balaban J connectivity index is 1.57. The molecular formula is C19H22ClN3O3. The van der Waals surface area contributed by atoms with Crippen LogP contribution in [0.1, 0.15) is 38.0 Å². The van der Waals surface area contributed by atoms with E-state index in [2.05, 4.69) is 15.1 Å². The van der Waals surface area contributed by atoms with Crippen LogP contribution in [0.25, 0.3) is 11.5 Å². The third-order valence-electron chi connectivity index (χ3n) is 5.58. The molecule has 0 amide bonds. The number of halogens is 1. The highest BCUT2D eigenvalue weighted by Gasteiger charge is 2.46. The molecule has 7 heteroatoms. The Morgan fingerprint density at radius 1 is 1.31 bits per heavy atom. The average Bonchev–Trinajstić information content (AvgIpc) is 3.27. The molecule has 2 aliphatic rings. The van der Waals surface area contributed by atoms with E-state index in [1.54, 1.807) is 6.07 Å². The zero-order valence-electron chi connectivity index (χ0n) is 14.7. The van der Waals surface area contributed by atoms with Gasteiger partial charge in [-0.2, -0.15) is 0 Å². The first-order valence-corrected chi connectivity index (χ1v) is 9.46. The Labute approximate surface area is 157 Å². The molecule has 26 heavy (non-hydrogen) atoms. The Morgan fingerprint density at radius 2 is 2.12 bits per heavy atom. The molecule has 4 rings (SSSR count). The standard InChI is InChI=1S/C19H22ClN3O3/c1-25-19(24)16-10-12-6-2-5-9-15(12)23(16)11-17-21-22-18(26-17)13-7-3-4-8-14(13)20/h3-4,7-8,12,15-16H,2,5-6,9-11H2,1H3. The van der Waals surface area contributed by atoms with Crippen LogP contribution < -0.4 is 0 Å². The molecule has 0 bridgehead atoms. The topological polar surface area (TPSA) is 68.5 Å². The third-order valence-corrected chi connectivity index (χ3v) is 5.91. The first-order valence-electron chi connectivity index (χ1n) is 9.08. The molecule has 3 unspecified atom stereocenters. The molecule has 0 spiro atoms. The molecule has 2 fully saturated rings. The molecule has 1 aromatic carbocycles. The van der Waals surface area contributed by atoms with Gasteiger partial charge in [0.25, 0.3) is 0 Å². The van der Waals surface area contributed by atoms with Gasteiger partial charge in [0.2, 0.25) is 11.8 Å². The van der Waals surface area contributed by atoms with Gasteiger partial charge in [-0.15, -0.1) is 10.2 Å². The highest BCUT2D eigenvalue weighted by Crippen LogP contribution is 2.41. The van der Waals surface area contributed by atoms with Crippen molar-refractivity contribution in [3.05, 3.63) is 35.2 Å². The number of esters is 1. The summed E-state index contributed by atoms with van der Waals surface area (Å²) in [6.07, 6.45) is 5.55. The van der Waals surface area contributed by atoms with E-state index in [0.717, 1.165) is 18.4 Å². The Bertz CT molecular complexity index is 794. The summed E-state index contributed by atoms with van der Waals surface area (Å²) >= 11 is 6.21. The van der Waals surface area contributed by atoms with Gasteiger partial charge in [-0.25, -0.2) is 0 Å². The van der Waals surface area contributed by atoms with Gasteiger partial charge in [-0.05, 0) is 37.3 Å². The molecule has 1 saturated carbocycles. The van der Waals surface area contributed by atoms with Gasteiger partial charge >= 0.3 is 5.97 Å². The fraction of sp³-hybridized carbons (Fsp3) is 0.526. The molecule has 3 atom stereocenters. The van der Waals surface area contributed by atoms with Crippen molar-refractivity contribution in [3.63, 3.8) is 0 Å². The first-order chi connectivity index (χ1) is 12.7. The van der Waals surface area contributed by atoms with Crippen LogP contribution >= 0.6 is 11.6 Å². The normalized spacial score (nSPS) is 25.8. The van der Waals surface area contributed by atoms with Gasteiger partial charge in [0.1, 0.15) is 6.04 Å². The van der Waals surface area contributed by atoms with E-state index < -0.39 is 0 Å². The smallest absolute Gasteiger partial charge is 0.323 e. The minimum atomic E-state index is -0.233. The maximum Gasteiger partial charge on any atom is 0.323 e. The van der Waals surface area contributed by atoms with Crippen LogP contribution in [-0.4, -0.2) is 40.3 Å². The molecule has 2 aromatic rings. The van der Waals surface area contributed by atoms with E-state index in [0.29, 0.717) is 35.3 Å². The summed E-state index contributed by atoms with van der Waals surface area (Å²) in [7, 11) is 1.45. The van der Waals surface area contributed by atoms with E-state index in [1.807, 2.05) is 18.2 Å². The lowest BCUT2D eigenvalue weighted by molar-refractivity contribution is -0.146. The van der Waals surface area contributed by atoms with Crippen molar-refractivity contribution >= 4 is 17.6 Å². The van der Waals surface area contributed by atoms with Gasteiger partial charge in [0.05, 0.1) is 24.2 Å². The van der Waals surface area contributed by atoms with Crippen molar-refractivity contribution in [3.8, 4) is 11.5 Å². The molecule has 1 aliphatic heterocycles. The van der Waals surface area contributed by atoms with Gasteiger partial charge in [0, 0.05) is 6.04 Å². The molecule has 138 valence electrons. The molecule has 6 nitrogen and oxygen atoms in total. The maximum absolute atomic E-state index is 12.3. The van der Waals surface area contributed by atoms with E-state index >= 15 is 0 Å². The predicted molar refractivity (Wildman–Crippen MR) is 96.5 cm³/mol. The predicted octanol–water partition coefficient (Wildman–Crippen LogP) is 3.70. The minimum absolute atomic E-state index is 0.176. The lowest BCUT2D eigenvalue weighted by Crippen LogP contribution is -2.42. The Hall–Kier alpha value is -1.92. The zero-order valence-corrected chi connectivity index (χ0v) is 15.5. The number of benzene rings is 1. The number of methoxy groups -OCH3 is 1. The highest BCUT2D eigenvalue weighted by molar-refractivity contribution is 6.33. The second kappa shape index (κ2) is 7.37. The van der Waals surface area contributed by atoms with E-state index in [9.17, 15) is 4.79 Å². The monoisotopic (exact) mass is 375 g/mol. The summed E-state index contributed by atoms with van der Waals surface area (Å²) in [5.74, 6) is 1.27. The Kier molecular flexibility index (Phi) is 4.96. The highest BCUT2D eigenvalue weighted by atomic mass is 35.5. The second-order valence-corrected chi connectivity index (χ2v) is 7.45. The van der Waals surface area contributed by atoms with Crippen molar-refractivity contribution in [2.75, 3.05) is 7.11 Å². The Morgan fingerprint density at radius 3 is 2.92 bits per heavy atom. The van der Waals surface area contributed by atoms with Crippen LogP contribution in [0.3, 0.4) is 0 Å². The fourth-order valence-electron chi connectivity index (χ4n) is 4.37. The summed E-state index contributed by atoms with van der Waals surface area (Å²) in [6, 6.07) is 7.53. The maximum atomic E-state index is 12.3. The number of ether oxygens (including phenoxy) is 1. The minimum Gasteiger partial charge on any atom is -0.468 e. The molecule has 1 saturated heterocycles. The van der Waals surface area contributed by atoms with Gasteiger partial charge in [0.15, 0.2) is 0 Å². The molecule has 0 N–H and O–H groups in total.